The summed E-state index contributed by atoms with van der Waals surface area (Å²) in [5.74, 6) is 2.33. The molecule has 1 aromatic carbocycles. The van der Waals surface area contributed by atoms with Crippen molar-refractivity contribution in [1.82, 2.24) is 9.97 Å². The molecule has 25 heavy (non-hydrogen) atoms. The molecule has 6 heteroatoms. The first-order valence-corrected chi connectivity index (χ1v) is 10.4. The molecule has 0 unspecified atom stereocenters. The number of hydrogen-bond acceptors (Lipinski definition) is 6. The summed E-state index contributed by atoms with van der Waals surface area (Å²) in [5.41, 5.74) is 8.84. The van der Waals surface area contributed by atoms with Crippen LogP contribution in [0.25, 0.3) is 10.2 Å². The van der Waals surface area contributed by atoms with Crippen LogP contribution in [-0.2, 0) is 12.8 Å². The second kappa shape index (κ2) is 7.22. The molecule has 2 aromatic heterocycles. The van der Waals surface area contributed by atoms with Crippen LogP contribution in [0.4, 0.5) is 5.82 Å². The van der Waals surface area contributed by atoms with Gasteiger partial charge in [-0.2, -0.15) is 0 Å². The quantitative estimate of drug-likeness (QED) is 0.402. The van der Waals surface area contributed by atoms with Crippen LogP contribution < -0.4 is 10.5 Å². The zero-order valence-electron chi connectivity index (χ0n) is 14.2. The number of anilines is 1. The number of aryl methyl sites for hydroxylation is 3. The number of hydrogen-bond donors (Lipinski definition) is 1. The van der Waals surface area contributed by atoms with Gasteiger partial charge in [0.1, 0.15) is 16.4 Å². The van der Waals surface area contributed by atoms with Gasteiger partial charge < -0.3 is 10.5 Å². The molecule has 130 valence electrons. The van der Waals surface area contributed by atoms with Crippen LogP contribution in [0.5, 0.6) is 5.75 Å². The van der Waals surface area contributed by atoms with Crippen LogP contribution in [0.2, 0.25) is 0 Å². The Kier molecular flexibility index (Phi) is 4.81. The summed E-state index contributed by atoms with van der Waals surface area (Å²) < 4.78 is 5.79. The van der Waals surface area contributed by atoms with E-state index in [2.05, 4.69) is 18.0 Å². The smallest absolute Gasteiger partial charge is 0.191 e. The van der Waals surface area contributed by atoms with E-state index in [-0.39, 0.29) is 0 Å². The van der Waals surface area contributed by atoms with E-state index in [1.54, 1.807) is 23.1 Å². The number of thiophene rings is 1. The highest BCUT2D eigenvalue weighted by Gasteiger charge is 2.20. The Morgan fingerprint density at radius 3 is 3.00 bits per heavy atom. The highest BCUT2D eigenvalue weighted by molar-refractivity contribution is 7.99. The number of aromatic nitrogens is 2. The first-order chi connectivity index (χ1) is 12.2. The molecule has 1 aliphatic rings. The minimum atomic E-state index is 0.621. The summed E-state index contributed by atoms with van der Waals surface area (Å²) in [6.45, 7) is 2.68. The fourth-order valence-corrected chi connectivity index (χ4v) is 5.22. The molecule has 1 aliphatic carbocycles. The van der Waals surface area contributed by atoms with Crippen LogP contribution >= 0.6 is 23.1 Å². The van der Waals surface area contributed by atoms with Crippen molar-refractivity contribution in [3.05, 3.63) is 40.3 Å². The van der Waals surface area contributed by atoms with E-state index in [1.165, 1.54) is 28.8 Å². The van der Waals surface area contributed by atoms with Gasteiger partial charge in [-0.1, -0.05) is 23.9 Å². The van der Waals surface area contributed by atoms with E-state index < -0.39 is 0 Å². The number of nitrogen functional groups attached to an aromatic ring is 1. The molecular weight excluding hydrogens is 350 g/mol. The highest BCUT2D eigenvalue weighted by atomic mass is 32.2. The standard InChI is InChI=1S/C19H21N3OS2/c1-12-5-4-6-13(11-12)23-9-10-24-19-21-17(20)16-14-7-2-3-8-15(14)25-18(16)22-19/h4-6,11H,2-3,7-10H2,1H3,(H2,20,21,22). The van der Waals surface area contributed by atoms with Crippen molar-refractivity contribution in [2.24, 2.45) is 0 Å². The molecule has 2 N–H and O–H groups in total. The Morgan fingerprint density at radius 2 is 2.12 bits per heavy atom. The fourth-order valence-electron chi connectivity index (χ4n) is 3.23. The van der Waals surface area contributed by atoms with Crippen molar-refractivity contribution in [2.45, 2.75) is 37.8 Å². The predicted octanol–water partition coefficient (Wildman–Crippen LogP) is 4.63. The second-order valence-electron chi connectivity index (χ2n) is 6.30. The number of nitrogens with two attached hydrogens (primary N) is 1. The Morgan fingerprint density at radius 1 is 1.24 bits per heavy atom. The lowest BCUT2D eigenvalue weighted by Gasteiger charge is -2.10. The molecule has 0 bridgehead atoms. The van der Waals surface area contributed by atoms with Gasteiger partial charge in [-0.3, -0.25) is 0 Å². The first kappa shape index (κ1) is 16.7. The van der Waals surface area contributed by atoms with Crippen molar-refractivity contribution in [3.8, 4) is 5.75 Å². The normalized spacial score (nSPS) is 13.8. The molecule has 0 saturated heterocycles. The number of fused-ring (bicyclic) bond motifs is 3. The topological polar surface area (TPSA) is 61.0 Å². The van der Waals surface area contributed by atoms with Crippen LogP contribution in [-0.4, -0.2) is 22.3 Å². The molecule has 0 atom stereocenters. The number of benzene rings is 1. The summed E-state index contributed by atoms with van der Waals surface area (Å²) >= 11 is 3.39. The Bertz CT molecular complexity index is 907. The van der Waals surface area contributed by atoms with Crippen LogP contribution in [0, 0.1) is 6.92 Å². The molecule has 0 amide bonds. The third-order valence-corrected chi connectivity index (χ3v) is 6.39. The largest absolute Gasteiger partial charge is 0.493 e. The minimum absolute atomic E-state index is 0.621. The van der Waals surface area contributed by atoms with Gasteiger partial charge in [0.05, 0.1) is 12.0 Å². The third kappa shape index (κ3) is 3.60. The van der Waals surface area contributed by atoms with E-state index in [4.69, 9.17) is 15.5 Å². The third-order valence-electron chi connectivity index (χ3n) is 4.39. The van der Waals surface area contributed by atoms with Crippen molar-refractivity contribution >= 4 is 39.1 Å². The maximum atomic E-state index is 6.25. The van der Waals surface area contributed by atoms with Gasteiger partial charge in [0.2, 0.25) is 0 Å². The molecular formula is C19H21N3OS2. The maximum Gasteiger partial charge on any atom is 0.191 e. The molecule has 4 nitrogen and oxygen atoms in total. The number of rotatable bonds is 5. The van der Waals surface area contributed by atoms with Crippen molar-refractivity contribution < 1.29 is 4.74 Å². The van der Waals surface area contributed by atoms with E-state index in [9.17, 15) is 0 Å². The fraction of sp³-hybridized carbons (Fsp3) is 0.368. The molecule has 3 aromatic rings. The van der Waals surface area contributed by atoms with Crippen LogP contribution in [0.3, 0.4) is 0 Å². The van der Waals surface area contributed by atoms with Crippen molar-refractivity contribution in [3.63, 3.8) is 0 Å². The lowest BCUT2D eigenvalue weighted by molar-refractivity contribution is 0.343. The average molecular weight is 372 g/mol. The second-order valence-corrected chi connectivity index (χ2v) is 8.44. The summed E-state index contributed by atoms with van der Waals surface area (Å²) in [5, 5.41) is 1.84. The van der Waals surface area contributed by atoms with E-state index >= 15 is 0 Å². The summed E-state index contributed by atoms with van der Waals surface area (Å²) in [6, 6.07) is 8.10. The molecule has 0 aliphatic heterocycles. The van der Waals surface area contributed by atoms with Gasteiger partial charge in [0.15, 0.2) is 5.16 Å². The van der Waals surface area contributed by atoms with Gasteiger partial charge in [-0.25, -0.2) is 9.97 Å². The van der Waals surface area contributed by atoms with Gasteiger partial charge in [0.25, 0.3) is 0 Å². The van der Waals surface area contributed by atoms with Gasteiger partial charge in [-0.15, -0.1) is 11.3 Å². The van der Waals surface area contributed by atoms with Gasteiger partial charge in [0, 0.05) is 10.6 Å². The lowest BCUT2D eigenvalue weighted by atomic mass is 9.97. The van der Waals surface area contributed by atoms with E-state index in [0.29, 0.717) is 12.4 Å². The minimum Gasteiger partial charge on any atom is -0.493 e. The van der Waals surface area contributed by atoms with Gasteiger partial charge in [-0.05, 0) is 55.9 Å². The number of ether oxygens (including phenoxy) is 1. The Labute approximate surface area is 155 Å². The zero-order chi connectivity index (χ0) is 17.2. The highest BCUT2D eigenvalue weighted by Crippen LogP contribution is 2.38. The average Bonchev–Trinajstić information content (AvgIpc) is 2.97. The SMILES string of the molecule is Cc1cccc(OCCSc2nc(N)c3c4c(sc3n2)CCCC4)c1. The molecule has 0 spiro atoms. The Hall–Kier alpha value is -1.79. The maximum absolute atomic E-state index is 6.25. The van der Waals surface area contributed by atoms with Crippen LogP contribution in [0.1, 0.15) is 28.8 Å². The monoisotopic (exact) mass is 371 g/mol. The Balaban J connectivity index is 1.43. The molecule has 4 rings (SSSR count). The van der Waals surface area contributed by atoms with E-state index in [0.717, 1.165) is 39.7 Å². The summed E-state index contributed by atoms with van der Waals surface area (Å²) in [6.07, 6.45) is 4.78. The number of thioether (sulfide) groups is 1. The van der Waals surface area contributed by atoms with Gasteiger partial charge >= 0.3 is 0 Å². The lowest BCUT2D eigenvalue weighted by Crippen LogP contribution is -2.03. The molecule has 0 radical (unpaired) electrons. The van der Waals surface area contributed by atoms with E-state index in [1.807, 2.05) is 18.2 Å². The van der Waals surface area contributed by atoms with Crippen molar-refractivity contribution in [2.75, 3.05) is 18.1 Å². The van der Waals surface area contributed by atoms with Crippen molar-refractivity contribution in [1.29, 1.82) is 0 Å². The first-order valence-electron chi connectivity index (χ1n) is 8.61. The number of nitrogens with zero attached hydrogens (tertiary/aromatic N) is 2. The molecule has 2 heterocycles. The zero-order valence-corrected chi connectivity index (χ0v) is 15.9. The molecule has 0 fully saturated rings. The molecule has 0 saturated carbocycles. The van der Waals surface area contributed by atoms with Crippen LogP contribution in [0.15, 0.2) is 29.4 Å². The predicted molar refractivity (Wildman–Crippen MR) is 106 cm³/mol. The summed E-state index contributed by atoms with van der Waals surface area (Å²) in [7, 11) is 0. The summed E-state index contributed by atoms with van der Waals surface area (Å²) in [4.78, 5) is 11.7.